The number of hydrogen-bond donors (Lipinski definition) is 0. The highest BCUT2D eigenvalue weighted by Crippen LogP contribution is 2.55. The van der Waals surface area contributed by atoms with Crippen LogP contribution in [0.2, 0.25) is 0 Å². The highest BCUT2D eigenvalue weighted by atomic mass is 32.1. The fourth-order valence-electron chi connectivity index (χ4n) is 9.78. The van der Waals surface area contributed by atoms with Crippen molar-refractivity contribution in [1.82, 2.24) is 0 Å². The van der Waals surface area contributed by atoms with Crippen LogP contribution in [0.3, 0.4) is 0 Å². The zero-order valence-electron chi connectivity index (χ0n) is 32.4. The number of fused-ring (bicyclic) bond motifs is 9. The predicted octanol–water partition coefficient (Wildman–Crippen LogP) is 16.1. The van der Waals surface area contributed by atoms with Crippen LogP contribution in [-0.4, -0.2) is 0 Å². The third-order valence-electron chi connectivity index (χ3n) is 12.6. The Hall–Kier alpha value is -7.20. The number of thiophene rings is 1. The van der Waals surface area contributed by atoms with Gasteiger partial charge < -0.3 is 9.32 Å². The molecule has 0 bridgehead atoms. The van der Waals surface area contributed by atoms with E-state index in [1.54, 1.807) is 0 Å². The minimum Gasteiger partial charge on any atom is -0.456 e. The number of furan rings is 1. The second-order valence-corrected chi connectivity index (χ2v) is 16.8. The Bertz CT molecular complexity index is 3350. The van der Waals surface area contributed by atoms with E-state index in [0.717, 1.165) is 39.0 Å². The Kier molecular flexibility index (Phi) is 7.57. The van der Waals surface area contributed by atoms with Gasteiger partial charge in [0.05, 0.1) is 11.1 Å². The van der Waals surface area contributed by atoms with Gasteiger partial charge in [-0.05, 0) is 93.9 Å². The van der Waals surface area contributed by atoms with E-state index in [0.29, 0.717) is 0 Å². The molecule has 0 saturated heterocycles. The molecule has 0 saturated carbocycles. The Labute approximate surface area is 346 Å². The van der Waals surface area contributed by atoms with Crippen molar-refractivity contribution in [3.63, 3.8) is 0 Å². The minimum absolute atomic E-state index is 0.388. The minimum atomic E-state index is -0.388. The molecule has 0 amide bonds. The maximum atomic E-state index is 7.05. The van der Waals surface area contributed by atoms with E-state index in [1.165, 1.54) is 70.2 Å². The average Bonchev–Trinajstić information content (AvgIpc) is 3.96. The van der Waals surface area contributed by atoms with Crippen LogP contribution in [-0.2, 0) is 5.41 Å². The number of nitrogens with zero attached hydrogens (tertiary/aromatic N) is 1. The Morgan fingerprint density at radius 3 is 1.71 bits per heavy atom. The fraction of sp³-hybridized carbons (Fsp3) is 0.0357. The molecule has 0 spiro atoms. The lowest BCUT2D eigenvalue weighted by Gasteiger charge is -2.28. The summed E-state index contributed by atoms with van der Waals surface area (Å²) in [5, 5.41) is 4.83. The van der Waals surface area contributed by atoms with Crippen LogP contribution in [0, 0.1) is 0 Å². The van der Waals surface area contributed by atoms with Gasteiger partial charge in [-0.3, -0.25) is 0 Å². The van der Waals surface area contributed by atoms with Crippen molar-refractivity contribution >= 4 is 70.5 Å². The average molecular weight is 772 g/mol. The van der Waals surface area contributed by atoms with Gasteiger partial charge in [0.25, 0.3) is 0 Å². The molecule has 2 aromatic heterocycles. The summed E-state index contributed by atoms with van der Waals surface area (Å²) in [6, 6.07) is 74.9. The Balaban J connectivity index is 1.04. The van der Waals surface area contributed by atoms with Crippen LogP contribution in [0.4, 0.5) is 17.1 Å². The summed E-state index contributed by atoms with van der Waals surface area (Å²) in [5.74, 6) is 0. The molecule has 0 N–H and O–H groups in total. The molecule has 12 rings (SSSR count). The number of anilines is 3. The predicted molar refractivity (Wildman–Crippen MR) is 250 cm³/mol. The molecule has 11 aromatic rings. The summed E-state index contributed by atoms with van der Waals surface area (Å²) in [7, 11) is 0. The molecular formula is C56H37NOS. The zero-order valence-corrected chi connectivity index (χ0v) is 33.2. The summed E-state index contributed by atoms with van der Waals surface area (Å²) in [5.41, 5.74) is 15.8. The van der Waals surface area contributed by atoms with Crippen LogP contribution in [0.5, 0.6) is 0 Å². The molecule has 59 heavy (non-hydrogen) atoms. The molecule has 0 unspecified atom stereocenters. The number of para-hydroxylation sites is 1. The van der Waals surface area contributed by atoms with E-state index < -0.39 is 0 Å². The summed E-state index contributed by atoms with van der Waals surface area (Å²) in [6.07, 6.45) is 0. The van der Waals surface area contributed by atoms with Crippen molar-refractivity contribution in [2.45, 2.75) is 12.3 Å². The molecule has 3 heteroatoms. The van der Waals surface area contributed by atoms with Gasteiger partial charge in [-0.2, -0.15) is 0 Å². The summed E-state index contributed by atoms with van der Waals surface area (Å²) < 4.78 is 9.68. The second kappa shape index (κ2) is 13.2. The van der Waals surface area contributed by atoms with Gasteiger partial charge in [-0.15, -0.1) is 11.3 Å². The molecule has 2 heterocycles. The van der Waals surface area contributed by atoms with E-state index >= 15 is 0 Å². The van der Waals surface area contributed by atoms with Gasteiger partial charge in [-0.25, -0.2) is 0 Å². The van der Waals surface area contributed by atoms with Gasteiger partial charge in [0.15, 0.2) is 0 Å². The van der Waals surface area contributed by atoms with E-state index in [1.807, 2.05) is 11.3 Å². The largest absolute Gasteiger partial charge is 0.456 e. The first kappa shape index (κ1) is 33.9. The van der Waals surface area contributed by atoms with E-state index in [9.17, 15) is 0 Å². The van der Waals surface area contributed by atoms with E-state index in [4.69, 9.17) is 4.42 Å². The highest BCUT2D eigenvalue weighted by Gasteiger charge is 2.42. The molecule has 278 valence electrons. The van der Waals surface area contributed by atoms with Gasteiger partial charge >= 0.3 is 0 Å². The normalized spacial score (nSPS) is 13.0. The van der Waals surface area contributed by atoms with Gasteiger partial charge in [0.2, 0.25) is 0 Å². The first-order valence-corrected chi connectivity index (χ1v) is 21.1. The summed E-state index contributed by atoms with van der Waals surface area (Å²) in [6.45, 7) is 2.36. The van der Waals surface area contributed by atoms with Crippen molar-refractivity contribution in [1.29, 1.82) is 0 Å². The Morgan fingerprint density at radius 1 is 0.424 bits per heavy atom. The third-order valence-corrected chi connectivity index (χ3v) is 13.8. The van der Waals surface area contributed by atoms with Gasteiger partial charge in [0.1, 0.15) is 11.2 Å². The number of hydrogen-bond acceptors (Lipinski definition) is 3. The number of benzene rings is 9. The molecule has 9 aromatic carbocycles. The van der Waals surface area contributed by atoms with Crippen LogP contribution in [0.25, 0.3) is 75.5 Å². The topological polar surface area (TPSA) is 16.4 Å². The van der Waals surface area contributed by atoms with Gasteiger partial charge in [0, 0.05) is 47.9 Å². The first-order valence-electron chi connectivity index (χ1n) is 20.3. The van der Waals surface area contributed by atoms with Crippen molar-refractivity contribution < 1.29 is 4.42 Å². The van der Waals surface area contributed by atoms with Crippen LogP contribution in [0.1, 0.15) is 23.6 Å². The maximum Gasteiger partial charge on any atom is 0.139 e. The lowest BCUT2D eigenvalue weighted by Crippen LogP contribution is -2.22. The highest BCUT2D eigenvalue weighted by molar-refractivity contribution is 7.26. The van der Waals surface area contributed by atoms with Crippen molar-refractivity contribution in [2.75, 3.05) is 4.90 Å². The molecule has 0 aliphatic heterocycles. The fourth-order valence-corrected chi connectivity index (χ4v) is 11.0. The van der Waals surface area contributed by atoms with Crippen LogP contribution >= 0.6 is 11.3 Å². The van der Waals surface area contributed by atoms with E-state index in [-0.39, 0.29) is 5.41 Å². The molecule has 0 radical (unpaired) electrons. The second-order valence-electron chi connectivity index (χ2n) is 15.7. The summed E-state index contributed by atoms with van der Waals surface area (Å²) >= 11 is 1.87. The summed E-state index contributed by atoms with van der Waals surface area (Å²) in [4.78, 5) is 2.39. The third kappa shape index (κ3) is 5.11. The molecule has 0 atom stereocenters. The zero-order chi connectivity index (χ0) is 39.1. The first-order chi connectivity index (χ1) is 29.1. The maximum absolute atomic E-state index is 7.05. The SMILES string of the molecule is CC1(c2cccc3c2oc2cccc(N(c4ccc(-c5ccccc5)cc4)c4ccc(-c5cccc6c5sc5ccccc56)cc4)c23)c2ccccc2-c2ccccc21. The van der Waals surface area contributed by atoms with Crippen molar-refractivity contribution in [3.05, 3.63) is 223 Å². The quantitative estimate of drug-likeness (QED) is 0.167. The van der Waals surface area contributed by atoms with Crippen molar-refractivity contribution in [3.8, 4) is 33.4 Å². The lowest BCUT2D eigenvalue weighted by molar-refractivity contribution is 0.638. The molecular weight excluding hydrogens is 735 g/mol. The lowest BCUT2D eigenvalue weighted by atomic mass is 9.74. The van der Waals surface area contributed by atoms with Crippen molar-refractivity contribution in [2.24, 2.45) is 0 Å². The van der Waals surface area contributed by atoms with Crippen LogP contribution < -0.4 is 4.90 Å². The number of rotatable bonds is 6. The van der Waals surface area contributed by atoms with Gasteiger partial charge in [-0.1, -0.05) is 164 Å². The molecule has 2 nitrogen and oxygen atoms in total. The molecule has 1 aliphatic rings. The van der Waals surface area contributed by atoms with Crippen LogP contribution in [0.15, 0.2) is 211 Å². The standard InChI is InChI=1S/C56H37NOS/c1-56(47-22-8-5-16-42(47)43-17-6-9-23-48(43)56)49-24-12-21-46-53-50(25-13-26-51(53)58-54(46)49)57(39-32-28-37(29-33-39)36-14-3-2-4-15-36)40-34-30-38(31-35-40)41-19-11-20-45-44-18-7-10-27-52(44)59-55(41)45/h2-35H,1H3. The molecule has 0 fully saturated rings. The monoisotopic (exact) mass is 771 g/mol. The molecule has 1 aliphatic carbocycles. The Morgan fingerprint density at radius 2 is 0.966 bits per heavy atom. The van der Waals surface area contributed by atoms with E-state index in [2.05, 4.69) is 218 Å². The smallest absolute Gasteiger partial charge is 0.139 e.